The average molecular weight is 164 g/mol. The van der Waals surface area contributed by atoms with Gasteiger partial charge in [0.05, 0.1) is 7.05 Å². The van der Waals surface area contributed by atoms with E-state index >= 15 is 0 Å². The molecule has 0 saturated heterocycles. The van der Waals surface area contributed by atoms with Crippen LogP contribution in [0.4, 0.5) is 0 Å². The molecule has 0 aliphatic carbocycles. The first kappa shape index (κ1) is 7.02. The van der Waals surface area contributed by atoms with E-state index in [1.54, 1.807) is 13.2 Å². The minimum atomic E-state index is 0.373. The minimum absolute atomic E-state index is 0.373. The summed E-state index contributed by atoms with van der Waals surface area (Å²) in [6.07, 6.45) is 1.60. The summed E-state index contributed by atoms with van der Waals surface area (Å²) in [5.74, 6) is 0. The van der Waals surface area contributed by atoms with Crippen LogP contribution in [0.15, 0.2) is 12.3 Å². The number of nitrogens with zero attached hydrogens (tertiary/aromatic N) is 4. The van der Waals surface area contributed by atoms with Crippen molar-refractivity contribution in [3.63, 3.8) is 0 Å². The Morgan fingerprint density at radius 1 is 1.58 bits per heavy atom. The van der Waals surface area contributed by atoms with Crippen molar-refractivity contribution in [2.24, 2.45) is 7.05 Å². The fraction of sp³-hybridized carbons (Fsp3) is 0.286. The quantitative estimate of drug-likeness (QED) is 0.404. The first-order valence-electron chi connectivity index (χ1n) is 3.58. The Morgan fingerprint density at radius 3 is 3.00 bits per heavy atom. The second-order valence-electron chi connectivity index (χ2n) is 2.69. The number of hydrogen-bond donors (Lipinski definition) is 0. The highest BCUT2D eigenvalue weighted by Gasteiger charge is 2.13. The van der Waals surface area contributed by atoms with Crippen molar-refractivity contribution in [2.75, 3.05) is 0 Å². The molecule has 2 aromatic heterocycles. The molecule has 0 aliphatic rings. The lowest BCUT2D eigenvalue weighted by Gasteiger charge is -1.91. The molecular weight excluding hydrogens is 156 g/mol. The van der Waals surface area contributed by atoms with Gasteiger partial charge in [-0.1, -0.05) is 0 Å². The number of pyridine rings is 1. The molecule has 0 amide bonds. The summed E-state index contributed by atoms with van der Waals surface area (Å²) in [6, 6.07) is 1.85. The molecule has 2 heterocycles. The van der Waals surface area contributed by atoms with Gasteiger partial charge in [0.25, 0.3) is 0 Å². The Labute approximate surface area is 68.8 Å². The van der Waals surface area contributed by atoms with Crippen LogP contribution in [0.25, 0.3) is 11.2 Å². The number of hydrogen-bond acceptors (Lipinski definition) is 3. The summed E-state index contributed by atoms with van der Waals surface area (Å²) in [7, 11) is 1.73. The summed E-state index contributed by atoms with van der Waals surface area (Å²) in [5, 5.41) is 14.7. The molecule has 0 radical (unpaired) electrons. The molecular formula is C7H8N4O. The minimum Gasteiger partial charge on any atom is -0.721 e. The van der Waals surface area contributed by atoms with Crippen LogP contribution in [0.1, 0.15) is 5.56 Å². The molecule has 0 unspecified atom stereocenters. The molecule has 5 heteroatoms. The predicted molar refractivity (Wildman–Crippen MR) is 42.2 cm³/mol. The van der Waals surface area contributed by atoms with Gasteiger partial charge in [0.2, 0.25) is 5.52 Å². The maximum absolute atomic E-state index is 11.1. The van der Waals surface area contributed by atoms with Crippen LogP contribution < -0.4 is 4.85 Å². The highest BCUT2D eigenvalue weighted by molar-refractivity contribution is 5.70. The second kappa shape index (κ2) is 2.17. The molecule has 0 saturated carbocycles. The largest absolute Gasteiger partial charge is 0.721 e. The Bertz CT molecular complexity index is 434. The van der Waals surface area contributed by atoms with Crippen LogP contribution >= 0.6 is 0 Å². The van der Waals surface area contributed by atoms with Gasteiger partial charge in [-0.3, -0.25) is 0 Å². The smallest absolute Gasteiger partial charge is 0.324 e. The molecule has 5 nitrogen and oxygen atoms in total. The summed E-state index contributed by atoms with van der Waals surface area (Å²) >= 11 is 0. The van der Waals surface area contributed by atoms with Gasteiger partial charge in [-0.15, -0.1) is 9.83 Å². The SMILES string of the molecule is Cc1ccnc2c1n(C)n[n+]2[O-]. The fourth-order valence-corrected chi connectivity index (χ4v) is 1.28. The lowest BCUT2D eigenvalue weighted by atomic mass is 10.3. The van der Waals surface area contributed by atoms with Crippen molar-refractivity contribution in [3.05, 3.63) is 23.0 Å². The third kappa shape index (κ3) is 0.761. The molecule has 2 aromatic rings. The normalized spacial score (nSPS) is 10.8. The van der Waals surface area contributed by atoms with Crippen LogP contribution in [0.5, 0.6) is 0 Å². The fourth-order valence-electron chi connectivity index (χ4n) is 1.28. The molecule has 2 rings (SSSR count). The summed E-state index contributed by atoms with van der Waals surface area (Å²) in [4.78, 5) is 4.46. The first-order chi connectivity index (χ1) is 5.70. The van der Waals surface area contributed by atoms with E-state index in [2.05, 4.69) is 10.2 Å². The van der Waals surface area contributed by atoms with Gasteiger partial charge in [-0.2, -0.15) is 4.68 Å². The van der Waals surface area contributed by atoms with E-state index in [1.165, 1.54) is 4.68 Å². The third-order valence-corrected chi connectivity index (χ3v) is 1.83. The van der Waals surface area contributed by atoms with Gasteiger partial charge in [0, 0.05) is 5.21 Å². The van der Waals surface area contributed by atoms with E-state index in [-0.39, 0.29) is 0 Å². The van der Waals surface area contributed by atoms with E-state index < -0.39 is 0 Å². The zero-order valence-electron chi connectivity index (χ0n) is 6.85. The molecule has 0 fully saturated rings. The summed E-state index contributed by atoms with van der Waals surface area (Å²) in [6.45, 7) is 1.92. The molecule has 0 atom stereocenters. The van der Waals surface area contributed by atoms with Crippen LogP contribution in [0.2, 0.25) is 0 Å². The number of rotatable bonds is 0. The molecule has 0 N–H and O–H groups in total. The van der Waals surface area contributed by atoms with E-state index in [0.29, 0.717) is 10.5 Å². The van der Waals surface area contributed by atoms with Crippen LogP contribution in [-0.2, 0) is 7.05 Å². The zero-order valence-corrected chi connectivity index (χ0v) is 6.85. The topological polar surface area (TPSA) is 57.7 Å². The van der Waals surface area contributed by atoms with Crippen molar-refractivity contribution in [1.29, 1.82) is 0 Å². The van der Waals surface area contributed by atoms with Gasteiger partial charge in [-0.25, -0.2) is 0 Å². The molecule has 62 valence electrons. The summed E-state index contributed by atoms with van der Waals surface area (Å²) < 4.78 is 1.53. The Hall–Kier alpha value is -1.65. The monoisotopic (exact) mass is 164 g/mol. The number of fused-ring (bicyclic) bond motifs is 1. The predicted octanol–water partition coefficient (Wildman–Crippen LogP) is -0.0899. The maximum atomic E-state index is 11.1. The van der Waals surface area contributed by atoms with E-state index in [0.717, 1.165) is 11.1 Å². The molecule has 0 spiro atoms. The van der Waals surface area contributed by atoms with Gasteiger partial charge in [0.1, 0.15) is 6.20 Å². The highest BCUT2D eigenvalue weighted by atomic mass is 16.5. The van der Waals surface area contributed by atoms with E-state index in [1.807, 2.05) is 13.0 Å². The molecule has 0 aromatic carbocycles. The highest BCUT2D eigenvalue weighted by Crippen LogP contribution is 2.09. The van der Waals surface area contributed by atoms with Crippen molar-refractivity contribution >= 4 is 11.2 Å². The van der Waals surface area contributed by atoms with Crippen molar-refractivity contribution < 1.29 is 4.85 Å². The average Bonchev–Trinajstić information content (AvgIpc) is 2.29. The third-order valence-electron chi connectivity index (χ3n) is 1.83. The molecule has 12 heavy (non-hydrogen) atoms. The molecule has 0 bridgehead atoms. The van der Waals surface area contributed by atoms with E-state index in [9.17, 15) is 5.21 Å². The summed E-state index contributed by atoms with van der Waals surface area (Å²) in [5.41, 5.74) is 2.16. The standard InChI is InChI=1S/C7H8N4O/c1-5-3-4-8-7-6(5)10(2)9-11(7)12/h3-4H,1-2H3. The van der Waals surface area contributed by atoms with Crippen molar-refractivity contribution in [2.45, 2.75) is 6.92 Å². The van der Waals surface area contributed by atoms with Gasteiger partial charge < -0.3 is 5.21 Å². The van der Waals surface area contributed by atoms with Crippen LogP contribution in [-0.4, -0.2) is 14.9 Å². The maximum Gasteiger partial charge on any atom is 0.324 e. The second-order valence-corrected chi connectivity index (χ2v) is 2.69. The van der Waals surface area contributed by atoms with Crippen molar-refractivity contribution in [1.82, 2.24) is 14.9 Å². The van der Waals surface area contributed by atoms with Crippen LogP contribution in [0.3, 0.4) is 0 Å². The lowest BCUT2D eigenvalue weighted by Crippen LogP contribution is -2.29. The van der Waals surface area contributed by atoms with Crippen molar-refractivity contribution in [3.8, 4) is 0 Å². The van der Waals surface area contributed by atoms with Gasteiger partial charge in [-0.05, 0) is 18.6 Å². The lowest BCUT2D eigenvalue weighted by molar-refractivity contribution is -0.648. The van der Waals surface area contributed by atoms with Gasteiger partial charge in [0.15, 0.2) is 0 Å². The van der Waals surface area contributed by atoms with Crippen LogP contribution in [0, 0.1) is 12.1 Å². The number of aromatic nitrogens is 4. The number of aryl methyl sites for hydroxylation is 2. The Kier molecular flexibility index (Phi) is 1.27. The van der Waals surface area contributed by atoms with E-state index in [4.69, 9.17) is 0 Å². The first-order valence-corrected chi connectivity index (χ1v) is 3.58. The Morgan fingerprint density at radius 2 is 2.33 bits per heavy atom. The molecule has 0 aliphatic heterocycles. The Balaban J connectivity index is 2.99. The zero-order chi connectivity index (χ0) is 8.72. The van der Waals surface area contributed by atoms with Gasteiger partial charge >= 0.3 is 5.65 Å².